The Balaban J connectivity index is 1.72. The number of halogens is 1. The fraction of sp³-hybridized carbons (Fsp3) is 0.105. The molecule has 3 rings (SSSR count). The van der Waals surface area contributed by atoms with Gasteiger partial charge in [-0.3, -0.25) is 14.9 Å². The van der Waals surface area contributed by atoms with E-state index in [1.54, 1.807) is 55.5 Å². The van der Waals surface area contributed by atoms with Crippen LogP contribution in [-0.4, -0.2) is 23.9 Å². The lowest BCUT2D eigenvalue weighted by molar-refractivity contribution is 0.102. The Labute approximate surface area is 165 Å². The normalized spacial score (nSPS) is 10.3. The minimum atomic E-state index is -0.327. The standard InChI is InChI=1S/C19H16ClN3O3S/c1-11-16(18(25)22-14-8-6-13(20)7-9-14)27-19(21-11)23-17(24)12-4-3-5-15(10-12)26-2/h3-10H,1-2H3,(H,22,25)(H,21,23,24). The Morgan fingerprint density at radius 1 is 1.07 bits per heavy atom. The van der Waals surface area contributed by atoms with E-state index in [1.165, 1.54) is 7.11 Å². The highest BCUT2D eigenvalue weighted by Crippen LogP contribution is 2.25. The molecule has 8 heteroatoms. The largest absolute Gasteiger partial charge is 0.497 e. The van der Waals surface area contributed by atoms with Crippen molar-refractivity contribution in [1.29, 1.82) is 0 Å². The molecule has 138 valence electrons. The summed E-state index contributed by atoms with van der Waals surface area (Å²) in [7, 11) is 1.53. The Morgan fingerprint density at radius 3 is 2.52 bits per heavy atom. The van der Waals surface area contributed by atoms with Crippen molar-refractivity contribution in [2.45, 2.75) is 6.92 Å². The molecule has 2 aromatic carbocycles. The zero-order valence-electron chi connectivity index (χ0n) is 14.6. The summed E-state index contributed by atoms with van der Waals surface area (Å²) in [5.74, 6) is -0.0393. The first-order valence-electron chi connectivity index (χ1n) is 7.96. The summed E-state index contributed by atoms with van der Waals surface area (Å²) in [5, 5.41) is 6.43. The molecule has 2 N–H and O–H groups in total. The molecule has 0 spiro atoms. The number of hydrogen-bond donors (Lipinski definition) is 2. The number of hydrogen-bond acceptors (Lipinski definition) is 5. The molecule has 0 aliphatic heterocycles. The van der Waals surface area contributed by atoms with Crippen LogP contribution in [0.25, 0.3) is 0 Å². The summed E-state index contributed by atoms with van der Waals surface area (Å²) in [6, 6.07) is 13.6. The van der Waals surface area contributed by atoms with Crippen LogP contribution in [0.5, 0.6) is 5.75 Å². The fourth-order valence-corrected chi connectivity index (χ4v) is 3.30. The lowest BCUT2D eigenvalue weighted by Crippen LogP contribution is -2.11. The van der Waals surface area contributed by atoms with Crippen molar-refractivity contribution in [3.63, 3.8) is 0 Å². The average Bonchev–Trinajstić information content (AvgIpc) is 3.04. The van der Waals surface area contributed by atoms with Gasteiger partial charge in [-0.2, -0.15) is 0 Å². The third-order valence-corrected chi connectivity index (χ3v) is 4.98. The van der Waals surface area contributed by atoms with Gasteiger partial charge in [0.25, 0.3) is 11.8 Å². The topological polar surface area (TPSA) is 80.3 Å². The summed E-state index contributed by atoms with van der Waals surface area (Å²) < 4.78 is 5.12. The van der Waals surface area contributed by atoms with Crippen molar-refractivity contribution in [1.82, 2.24) is 4.98 Å². The van der Waals surface area contributed by atoms with Crippen molar-refractivity contribution in [2.24, 2.45) is 0 Å². The minimum Gasteiger partial charge on any atom is -0.497 e. The first-order valence-corrected chi connectivity index (χ1v) is 9.15. The van der Waals surface area contributed by atoms with Crippen LogP contribution in [0.4, 0.5) is 10.8 Å². The van der Waals surface area contributed by atoms with Gasteiger partial charge in [0.1, 0.15) is 10.6 Å². The zero-order chi connectivity index (χ0) is 19.4. The van der Waals surface area contributed by atoms with E-state index in [-0.39, 0.29) is 11.8 Å². The highest BCUT2D eigenvalue weighted by molar-refractivity contribution is 7.17. The molecule has 6 nitrogen and oxygen atoms in total. The predicted molar refractivity (Wildman–Crippen MR) is 107 cm³/mol. The Hall–Kier alpha value is -2.90. The van der Waals surface area contributed by atoms with Gasteiger partial charge >= 0.3 is 0 Å². The SMILES string of the molecule is COc1cccc(C(=O)Nc2nc(C)c(C(=O)Nc3ccc(Cl)cc3)s2)c1. The number of aromatic nitrogens is 1. The predicted octanol–water partition coefficient (Wildman–Crippen LogP) is 4.62. The summed E-state index contributed by atoms with van der Waals surface area (Å²) in [4.78, 5) is 29.5. The second kappa shape index (κ2) is 8.20. The van der Waals surface area contributed by atoms with Crippen molar-refractivity contribution in [3.8, 4) is 5.75 Å². The zero-order valence-corrected chi connectivity index (χ0v) is 16.1. The maximum Gasteiger partial charge on any atom is 0.267 e. The van der Waals surface area contributed by atoms with Gasteiger partial charge in [-0.15, -0.1) is 0 Å². The summed E-state index contributed by atoms with van der Waals surface area (Å²) in [6.07, 6.45) is 0. The van der Waals surface area contributed by atoms with Crippen molar-refractivity contribution in [3.05, 3.63) is 69.7 Å². The molecule has 0 radical (unpaired) electrons. The molecule has 0 saturated carbocycles. The molecule has 2 amide bonds. The number of rotatable bonds is 5. The van der Waals surface area contributed by atoms with Crippen LogP contribution in [0.2, 0.25) is 5.02 Å². The Kier molecular flexibility index (Phi) is 5.73. The van der Waals surface area contributed by atoms with Gasteiger partial charge in [-0.1, -0.05) is 29.0 Å². The molecule has 0 aliphatic carbocycles. The molecule has 0 saturated heterocycles. The molecule has 0 unspecified atom stereocenters. The van der Waals surface area contributed by atoms with Crippen LogP contribution in [0.15, 0.2) is 48.5 Å². The van der Waals surface area contributed by atoms with E-state index in [9.17, 15) is 9.59 Å². The lowest BCUT2D eigenvalue weighted by Gasteiger charge is -2.04. The van der Waals surface area contributed by atoms with Crippen molar-refractivity contribution in [2.75, 3.05) is 17.7 Å². The number of thiazole rings is 1. The number of benzene rings is 2. The van der Waals surface area contributed by atoms with Crippen molar-refractivity contribution < 1.29 is 14.3 Å². The maximum atomic E-state index is 12.5. The maximum absolute atomic E-state index is 12.5. The van der Waals surface area contributed by atoms with Gasteiger partial charge in [-0.25, -0.2) is 4.98 Å². The number of amides is 2. The number of carbonyl (C=O) groups is 2. The van der Waals surface area contributed by atoms with Crippen LogP contribution in [-0.2, 0) is 0 Å². The molecule has 1 aromatic heterocycles. The number of carbonyl (C=O) groups excluding carboxylic acids is 2. The van der Waals surface area contributed by atoms with E-state index in [1.807, 2.05) is 0 Å². The van der Waals surface area contributed by atoms with E-state index in [2.05, 4.69) is 15.6 Å². The molecule has 3 aromatic rings. The van der Waals surface area contributed by atoms with Crippen LogP contribution in [0, 0.1) is 6.92 Å². The van der Waals surface area contributed by atoms with E-state index < -0.39 is 0 Å². The van der Waals surface area contributed by atoms with Gasteiger partial charge in [0.05, 0.1) is 12.8 Å². The van der Waals surface area contributed by atoms with E-state index in [4.69, 9.17) is 16.3 Å². The van der Waals surface area contributed by atoms with Crippen molar-refractivity contribution >= 4 is 45.6 Å². The van der Waals surface area contributed by atoms with E-state index in [0.717, 1.165) is 11.3 Å². The smallest absolute Gasteiger partial charge is 0.267 e. The lowest BCUT2D eigenvalue weighted by atomic mass is 10.2. The van der Waals surface area contributed by atoms with Gasteiger partial charge in [0.2, 0.25) is 0 Å². The van der Waals surface area contributed by atoms with Crippen LogP contribution < -0.4 is 15.4 Å². The third kappa shape index (κ3) is 4.64. The van der Waals surface area contributed by atoms with Crippen LogP contribution in [0.1, 0.15) is 25.7 Å². The number of ether oxygens (including phenoxy) is 1. The van der Waals surface area contributed by atoms with E-state index in [0.29, 0.717) is 37.7 Å². The molecular formula is C19H16ClN3O3S. The number of aryl methyl sites for hydroxylation is 1. The summed E-state index contributed by atoms with van der Waals surface area (Å²) >= 11 is 6.95. The number of nitrogens with one attached hydrogen (secondary N) is 2. The van der Waals surface area contributed by atoms with Crippen LogP contribution in [0.3, 0.4) is 0 Å². The third-order valence-electron chi connectivity index (χ3n) is 3.66. The second-order valence-corrected chi connectivity index (χ2v) is 7.02. The monoisotopic (exact) mass is 401 g/mol. The highest BCUT2D eigenvalue weighted by Gasteiger charge is 2.17. The van der Waals surface area contributed by atoms with Crippen LogP contribution >= 0.6 is 22.9 Å². The molecule has 0 fully saturated rings. The minimum absolute atomic E-state index is 0.297. The van der Waals surface area contributed by atoms with Gasteiger partial charge in [0, 0.05) is 16.3 Å². The number of anilines is 2. The molecule has 27 heavy (non-hydrogen) atoms. The summed E-state index contributed by atoms with van der Waals surface area (Å²) in [6.45, 7) is 1.72. The Morgan fingerprint density at radius 2 is 1.81 bits per heavy atom. The first-order chi connectivity index (χ1) is 13.0. The molecule has 0 bridgehead atoms. The average molecular weight is 402 g/mol. The van der Waals surface area contributed by atoms with Gasteiger partial charge < -0.3 is 10.1 Å². The van der Waals surface area contributed by atoms with Gasteiger partial charge in [-0.05, 0) is 49.4 Å². The highest BCUT2D eigenvalue weighted by atomic mass is 35.5. The molecule has 0 atom stereocenters. The first kappa shape index (κ1) is 18.9. The number of nitrogens with zero attached hydrogens (tertiary/aromatic N) is 1. The number of methoxy groups -OCH3 is 1. The summed E-state index contributed by atoms with van der Waals surface area (Å²) in [5.41, 5.74) is 1.60. The molecule has 0 aliphatic rings. The molecular weight excluding hydrogens is 386 g/mol. The quantitative estimate of drug-likeness (QED) is 0.653. The van der Waals surface area contributed by atoms with Gasteiger partial charge in [0.15, 0.2) is 5.13 Å². The van der Waals surface area contributed by atoms with E-state index >= 15 is 0 Å². The second-order valence-electron chi connectivity index (χ2n) is 5.58. The Bertz CT molecular complexity index is 986. The fourth-order valence-electron chi connectivity index (χ4n) is 2.32. The molecule has 1 heterocycles.